The summed E-state index contributed by atoms with van der Waals surface area (Å²) in [6.07, 6.45) is -0.300. The van der Waals surface area contributed by atoms with E-state index >= 15 is 0 Å². The van der Waals surface area contributed by atoms with Crippen molar-refractivity contribution in [1.29, 1.82) is 0 Å². The molecule has 9 heteroatoms. The first-order valence-corrected chi connectivity index (χ1v) is 12.7. The number of para-hydroxylation sites is 1. The maximum atomic E-state index is 13.8. The molecule has 2 aromatic carbocycles. The van der Waals surface area contributed by atoms with Crippen LogP contribution in [0.25, 0.3) is 0 Å². The van der Waals surface area contributed by atoms with Gasteiger partial charge < -0.3 is 25.4 Å². The third-order valence-electron chi connectivity index (χ3n) is 5.80. The number of benzene rings is 2. The van der Waals surface area contributed by atoms with Gasteiger partial charge in [-0.3, -0.25) is 9.59 Å². The molecule has 0 aliphatic heterocycles. The Morgan fingerprint density at radius 2 is 1.73 bits per heavy atom. The minimum Gasteiger partial charge on any atom is -0.444 e. The van der Waals surface area contributed by atoms with Gasteiger partial charge in [-0.25, -0.2) is 4.79 Å². The molecule has 0 spiro atoms. The third kappa shape index (κ3) is 8.20. The average Bonchev–Trinajstić information content (AvgIpc) is 2.80. The monoisotopic (exact) mass is 531 g/mol. The van der Waals surface area contributed by atoms with Crippen molar-refractivity contribution in [2.45, 2.75) is 72.6 Å². The quantitative estimate of drug-likeness (QED) is 0.418. The highest BCUT2D eigenvalue weighted by atomic mass is 35.5. The van der Waals surface area contributed by atoms with Gasteiger partial charge in [-0.15, -0.1) is 0 Å². The Bertz CT molecular complexity index is 1110. The number of nitrogens with zero attached hydrogens (tertiary/aromatic N) is 1. The van der Waals surface area contributed by atoms with E-state index in [4.69, 9.17) is 16.3 Å². The molecule has 2 atom stereocenters. The van der Waals surface area contributed by atoms with Crippen LogP contribution in [0.5, 0.6) is 0 Å². The lowest BCUT2D eigenvalue weighted by molar-refractivity contribution is -0.141. The fraction of sp³-hybridized carbons (Fsp3) is 0.464. The number of aliphatic hydroxyl groups excluding tert-OH is 1. The molecule has 0 saturated carbocycles. The van der Waals surface area contributed by atoms with Crippen LogP contribution < -0.4 is 10.6 Å². The van der Waals surface area contributed by atoms with Gasteiger partial charge in [-0.2, -0.15) is 0 Å². The van der Waals surface area contributed by atoms with Gasteiger partial charge in [0, 0.05) is 6.54 Å². The number of anilines is 1. The second-order valence-corrected chi connectivity index (χ2v) is 10.5. The maximum Gasteiger partial charge on any atom is 0.408 e. The number of rotatable bonds is 9. The number of halogens is 1. The van der Waals surface area contributed by atoms with Gasteiger partial charge in [-0.05, 0) is 76.3 Å². The highest BCUT2D eigenvalue weighted by Gasteiger charge is 2.36. The molecule has 0 fully saturated rings. The number of alkyl carbamates (subject to hydrolysis) is 1. The smallest absolute Gasteiger partial charge is 0.408 e. The molecule has 0 radical (unpaired) electrons. The zero-order valence-electron chi connectivity index (χ0n) is 22.6. The van der Waals surface area contributed by atoms with Crippen molar-refractivity contribution in [1.82, 2.24) is 10.2 Å². The van der Waals surface area contributed by atoms with Crippen LogP contribution >= 0.6 is 11.6 Å². The molecule has 37 heavy (non-hydrogen) atoms. The highest BCUT2D eigenvalue weighted by molar-refractivity contribution is 6.34. The summed E-state index contributed by atoms with van der Waals surface area (Å²) in [5.74, 6) is -1.07. The second-order valence-electron chi connectivity index (χ2n) is 10.1. The van der Waals surface area contributed by atoms with Crippen LogP contribution in [-0.4, -0.2) is 52.7 Å². The lowest BCUT2D eigenvalue weighted by Crippen LogP contribution is -2.54. The van der Waals surface area contributed by atoms with E-state index in [1.54, 1.807) is 39.0 Å². The molecule has 0 bridgehead atoms. The predicted octanol–water partition coefficient (Wildman–Crippen LogP) is 5.07. The average molecular weight is 532 g/mol. The lowest BCUT2D eigenvalue weighted by atomic mass is 9.98. The van der Waals surface area contributed by atoms with Gasteiger partial charge in [0.25, 0.3) is 5.91 Å². The first-order chi connectivity index (χ1) is 17.3. The molecule has 2 rings (SSSR count). The Kier molecular flexibility index (Phi) is 10.5. The van der Waals surface area contributed by atoms with E-state index in [0.29, 0.717) is 22.7 Å². The minimum absolute atomic E-state index is 0.206. The topological polar surface area (TPSA) is 108 Å². The fourth-order valence-electron chi connectivity index (χ4n) is 3.83. The molecule has 2 aromatic rings. The van der Waals surface area contributed by atoms with Crippen molar-refractivity contribution in [3.05, 3.63) is 63.7 Å². The number of carbonyl (C=O) groups is 3. The molecule has 0 aromatic heterocycles. The van der Waals surface area contributed by atoms with Crippen molar-refractivity contribution < 1.29 is 24.2 Å². The number of nitrogens with one attached hydrogen (secondary N) is 2. The zero-order valence-corrected chi connectivity index (χ0v) is 23.4. The summed E-state index contributed by atoms with van der Waals surface area (Å²) in [5, 5.41) is 15.7. The van der Waals surface area contributed by atoms with Crippen LogP contribution in [0.3, 0.4) is 0 Å². The van der Waals surface area contributed by atoms with Gasteiger partial charge in [0.2, 0.25) is 5.91 Å². The number of hydrogen-bond donors (Lipinski definition) is 3. The molecule has 8 nitrogen and oxygen atoms in total. The zero-order chi connectivity index (χ0) is 27.9. The maximum absolute atomic E-state index is 13.8. The Morgan fingerprint density at radius 1 is 1.05 bits per heavy atom. The van der Waals surface area contributed by atoms with E-state index in [1.165, 1.54) is 4.90 Å². The van der Waals surface area contributed by atoms with E-state index in [1.807, 2.05) is 45.9 Å². The van der Waals surface area contributed by atoms with Crippen LogP contribution in [0, 0.1) is 20.8 Å². The largest absolute Gasteiger partial charge is 0.444 e. The van der Waals surface area contributed by atoms with Crippen LogP contribution in [0.15, 0.2) is 36.4 Å². The summed E-state index contributed by atoms with van der Waals surface area (Å²) in [7, 11) is 0. The Hall–Kier alpha value is -3.10. The number of aliphatic hydroxyl groups is 1. The predicted molar refractivity (Wildman–Crippen MR) is 146 cm³/mol. The van der Waals surface area contributed by atoms with E-state index in [-0.39, 0.29) is 6.54 Å². The molecule has 202 valence electrons. The number of amides is 3. The van der Waals surface area contributed by atoms with Gasteiger partial charge >= 0.3 is 6.09 Å². The molecule has 0 heterocycles. The summed E-state index contributed by atoms with van der Waals surface area (Å²) in [6, 6.07) is 8.51. The fourth-order valence-corrected chi connectivity index (χ4v) is 4.10. The van der Waals surface area contributed by atoms with Gasteiger partial charge in [0.1, 0.15) is 17.7 Å². The van der Waals surface area contributed by atoms with E-state index in [2.05, 4.69) is 10.6 Å². The van der Waals surface area contributed by atoms with Crippen molar-refractivity contribution in [3.63, 3.8) is 0 Å². The van der Waals surface area contributed by atoms with Crippen LogP contribution in [-0.2, 0) is 14.3 Å². The summed E-state index contributed by atoms with van der Waals surface area (Å²) in [5.41, 5.74) is 3.04. The van der Waals surface area contributed by atoms with Crippen LogP contribution in [0.4, 0.5) is 10.5 Å². The van der Waals surface area contributed by atoms with Crippen molar-refractivity contribution >= 4 is 35.2 Å². The molecule has 0 aliphatic carbocycles. The minimum atomic E-state index is -1.30. The number of aryl methyl sites for hydroxylation is 3. The molecular weight excluding hydrogens is 494 g/mol. The molecule has 2 unspecified atom stereocenters. The van der Waals surface area contributed by atoms with Crippen LogP contribution in [0.2, 0.25) is 5.02 Å². The van der Waals surface area contributed by atoms with Crippen molar-refractivity contribution in [3.8, 4) is 0 Å². The molecule has 0 aliphatic rings. The van der Waals surface area contributed by atoms with E-state index in [9.17, 15) is 19.5 Å². The van der Waals surface area contributed by atoms with Crippen molar-refractivity contribution in [2.24, 2.45) is 0 Å². The Labute approximate surface area is 224 Å². The summed E-state index contributed by atoms with van der Waals surface area (Å²) < 4.78 is 5.26. The highest BCUT2D eigenvalue weighted by Crippen LogP contribution is 2.30. The Morgan fingerprint density at radius 3 is 2.27 bits per heavy atom. The van der Waals surface area contributed by atoms with E-state index < -0.39 is 42.2 Å². The second kappa shape index (κ2) is 12.9. The Balaban J connectivity index is 2.52. The molecule has 3 amide bonds. The lowest BCUT2D eigenvalue weighted by Gasteiger charge is -2.34. The first-order valence-electron chi connectivity index (χ1n) is 12.3. The summed E-state index contributed by atoms with van der Waals surface area (Å²) >= 11 is 6.37. The van der Waals surface area contributed by atoms with Crippen molar-refractivity contribution in [2.75, 3.05) is 18.5 Å². The SMILES string of the molecule is CCCN(C(=O)C(CO)NC(=O)OC(C)(C)C)C(C(=O)Nc1c(C)cccc1Cl)c1ccc(C)c(C)c1. The molecule has 0 saturated heterocycles. The molecular formula is C28H38ClN3O5. The van der Waals surface area contributed by atoms with Gasteiger partial charge in [0.05, 0.1) is 17.3 Å². The number of ether oxygens (including phenoxy) is 1. The summed E-state index contributed by atoms with van der Waals surface area (Å²) in [6.45, 7) is 12.2. The standard InChI is InChI=1S/C28H38ClN3O5/c1-8-14-32(26(35)22(16-33)30-27(36)37-28(5,6)7)24(20-13-12-17(2)19(4)15-20)25(34)31-23-18(3)10-9-11-21(23)29/h9-13,15,22,24,33H,8,14,16H2,1-7H3,(H,30,36)(H,31,34). The first kappa shape index (κ1) is 30.1. The van der Waals surface area contributed by atoms with Crippen LogP contribution in [0.1, 0.15) is 62.4 Å². The van der Waals surface area contributed by atoms with Gasteiger partial charge in [-0.1, -0.05) is 48.9 Å². The molecule has 3 N–H and O–H groups in total. The normalized spacial score (nSPS) is 12.9. The number of hydrogen-bond acceptors (Lipinski definition) is 5. The summed E-state index contributed by atoms with van der Waals surface area (Å²) in [4.78, 5) is 41.3. The number of carbonyl (C=O) groups excluding carboxylic acids is 3. The van der Waals surface area contributed by atoms with Gasteiger partial charge in [0.15, 0.2) is 0 Å². The van der Waals surface area contributed by atoms with E-state index in [0.717, 1.165) is 16.7 Å². The third-order valence-corrected chi connectivity index (χ3v) is 6.11.